The first-order chi connectivity index (χ1) is 15.6. The van der Waals surface area contributed by atoms with E-state index in [0.29, 0.717) is 34.2 Å². The van der Waals surface area contributed by atoms with Crippen LogP contribution in [-0.2, 0) is 4.79 Å². The number of amides is 1. The largest absolute Gasteiger partial charge is 0.508 e. The van der Waals surface area contributed by atoms with Gasteiger partial charge < -0.3 is 20.5 Å². The molecule has 0 unspecified atom stereocenters. The molecule has 160 valence electrons. The van der Waals surface area contributed by atoms with Gasteiger partial charge in [0.2, 0.25) is 5.95 Å². The number of allylic oxidation sites excluding steroid dienone is 1. The Bertz CT molecular complexity index is 1360. The maximum Gasteiger partial charge on any atom is 0.255 e. The number of phenolic OH excluding ortho intramolecular Hbond substituents is 1. The van der Waals surface area contributed by atoms with E-state index in [1.165, 1.54) is 0 Å². The fraction of sp³-hybridized carbons (Fsp3) is 0.120. The van der Waals surface area contributed by atoms with Crippen LogP contribution < -0.4 is 15.4 Å². The maximum atomic E-state index is 13.5. The molecule has 3 aromatic carbocycles. The van der Waals surface area contributed by atoms with E-state index in [2.05, 4.69) is 10.6 Å². The minimum atomic E-state index is -0.557. The summed E-state index contributed by atoms with van der Waals surface area (Å²) in [7, 11) is 1.60. The molecular formula is C25H22N4O3. The lowest BCUT2D eigenvalue weighted by Crippen LogP contribution is -2.31. The fourth-order valence-electron chi connectivity index (χ4n) is 4.14. The molecule has 32 heavy (non-hydrogen) atoms. The number of hydrogen-bond acceptors (Lipinski definition) is 5. The zero-order valence-corrected chi connectivity index (χ0v) is 17.7. The molecule has 4 aromatic rings. The van der Waals surface area contributed by atoms with Gasteiger partial charge >= 0.3 is 0 Å². The highest BCUT2D eigenvalue weighted by atomic mass is 16.5. The Kier molecular flexibility index (Phi) is 4.78. The van der Waals surface area contributed by atoms with Crippen molar-refractivity contribution in [1.82, 2.24) is 9.55 Å². The molecule has 1 amide bonds. The Morgan fingerprint density at radius 2 is 1.78 bits per heavy atom. The Morgan fingerprint density at radius 3 is 2.53 bits per heavy atom. The number of para-hydroxylation sites is 3. The second-order valence-electron chi connectivity index (χ2n) is 7.60. The molecule has 0 radical (unpaired) electrons. The Balaban J connectivity index is 1.64. The van der Waals surface area contributed by atoms with Crippen molar-refractivity contribution < 1.29 is 14.6 Å². The molecule has 2 heterocycles. The number of anilines is 2. The molecule has 5 rings (SSSR count). The summed E-state index contributed by atoms with van der Waals surface area (Å²) in [5.74, 6) is 1.18. The van der Waals surface area contributed by atoms with Gasteiger partial charge in [-0.15, -0.1) is 0 Å². The van der Waals surface area contributed by atoms with E-state index in [1.54, 1.807) is 43.5 Å². The number of aromatic hydroxyl groups is 1. The van der Waals surface area contributed by atoms with E-state index in [4.69, 9.17) is 9.72 Å². The van der Waals surface area contributed by atoms with Gasteiger partial charge in [-0.1, -0.05) is 30.3 Å². The highest BCUT2D eigenvalue weighted by Crippen LogP contribution is 2.42. The zero-order valence-electron chi connectivity index (χ0n) is 17.7. The third kappa shape index (κ3) is 3.24. The van der Waals surface area contributed by atoms with E-state index >= 15 is 0 Å². The third-order valence-corrected chi connectivity index (χ3v) is 5.65. The SMILES string of the molecule is COc1ccc(NC(=O)C2=C(C)Nc3nc4ccccc4n3[C@H]2c2ccccc2O)cc1. The highest BCUT2D eigenvalue weighted by Gasteiger charge is 2.35. The van der Waals surface area contributed by atoms with E-state index in [9.17, 15) is 9.90 Å². The summed E-state index contributed by atoms with van der Waals surface area (Å²) in [6.45, 7) is 1.85. The van der Waals surface area contributed by atoms with Gasteiger partial charge in [-0.3, -0.25) is 9.36 Å². The smallest absolute Gasteiger partial charge is 0.255 e. The summed E-state index contributed by atoms with van der Waals surface area (Å²) in [5, 5.41) is 17.0. The quantitative estimate of drug-likeness (QED) is 0.441. The summed E-state index contributed by atoms with van der Waals surface area (Å²) >= 11 is 0. The second-order valence-corrected chi connectivity index (χ2v) is 7.60. The first-order valence-electron chi connectivity index (χ1n) is 10.2. The van der Waals surface area contributed by atoms with Crippen molar-refractivity contribution in [2.24, 2.45) is 0 Å². The minimum Gasteiger partial charge on any atom is -0.508 e. The van der Waals surface area contributed by atoms with Crippen LogP contribution in [0.1, 0.15) is 18.5 Å². The fourth-order valence-corrected chi connectivity index (χ4v) is 4.14. The number of carbonyl (C=O) groups excluding carboxylic acids is 1. The number of nitrogens with zero attached hydrogens (tertiary/aromatic N) is 2. The molecule has 0 saturated heterocycles. The van der Waals surface area contributed by atoms with Crippen LogP contribution in [0.2, 0.25) is 0 Å². The normalized spacial score (nSPS) is 15.2. The number of phenols is 1. The van der Waals surface area contributed by atoms with Gasteiger partial charge in [0.25, 0.3) is 5.91 Å². The molecular weight excluding hydrogens is 404 g/mol. The summed E-state index contributed by atoms with van der Waals surface area (Å²) in [4.78, 5) is 18.2. The lowest BCUT2D eigenvalue weighted by atomic mass is 9.93. The van der Waals surface area contributed by atoms with Crippen molar-refractivity contribution in [2.75, 3.05) is 17.7 Å². The van der Waals surface area contributed by atoms with Gasteiger partial charge in [-0.2, -0.15) is 0 Å². The molecule has 7 heteroatoms. The van der Waals surface area contributed by atoms with Crippen LogP contribution >= 0.6 is 0 Å². The molecule has 0 spiro atoms. The summed E-state index contributed by atoms with van der Waals surface area (Å²) in [5.41, 5.74) is 4.11. The van der Waals surface area contributed by atoms with E-state index < -0.39 is 6.04 Å². The van der Waals surface area contributed by atoms with Gasteiger partial charge in [0.15, 0.2) is 0 Å². The van der Waals surface area contributed by atoms with Crippen molar-refractivity contribution in [3.63, 3.8) is 0 Å². The van der Waals surface area contributed by atoms with Crippen LogP contribution in [0.5, 0.6) is 11.5 Å². The Labute approximate surface area is 185 Å². The molecule has 7 nitrogen and oxygen atoms in total. The van der Waals surface area contributed by atoms with Crippen LogP contribution in [0.25, 0.3) is 11.0 Å². The van der Waals surface area contributed by atoms with Gasteiger partial charge in [0, 0.05) is 16.9 Å². The zero-order chi connectivity index (χ0) is 22.2. The molecule has 1 aliphatic rings. The van der Waals surface area contributed by atoms with Crippen LogP contribution in [0.4, 0.5) is 11.6 Å². The van der Waals surface area contributed by atoms with E-state index in [-0.39, 0.29) is 11.7 Å². The molecule has 0 fully saturated rings. The van der Waals surface area contributed by atoms with Gasteiger partial charge in [0.05, 0.1) is 29.8 Å². The molecule has 1 aromatic heterocycles. The predicted molar refractivity (Wildman–Crippen MR) is 124 cm³/mol. The monoisotopic (exact) mass is 426 g/mol. The topological polar surface area (TPSA) is 88.4 Å². The van der Waals surface area contributed by atoms with Crippen molar-refractivity contribution in [3.8, 4) is 11.5 Å². The Hall–Kier alpha value is -4.26. The number of methoxy groups -OCH3 is 1. The number of benzene rings is 3. The van der Waals surface area contributed by atoms with Crippen LogP contribution in [0.3, 0.4) is 0 Å². The average Bonchev–Trinajstić information content (AvgIpc) is 3.17. The number of nitrogens with one attached hydrogen (secondary N) is 2. The van der Waals surface area contributed by atoms with E-state index in [1.807, 2.05) is 47.9 Å². The van der Waals surface area contributed by atoms with Crippen LogP contribution in [-0.4, -0.2) is 27.7 Å². The third-order valence-electron chi connectivity index (χ3n) is 5.65. The first-order valence-corrected chi connectivity index (χ1v) is 10.2. The van der Waals surface area contributed by atoms with Gasteiger partial charge in [-0.25, -0.2) is 4.98 Å². The number of imidazole rings is 1. The standard InChI is InChI=1S/C25H22N4O3/c1-15-22(24(31)27-16-11-13-17(32-2)14-12-16)23(18-7-3-6-10-21(18)30)29-20-9-5-4-8-19(20)28-25(29)26-15/h3-14,23,30H,1-2H3,(H,26,28)(H,27,31)/t23-/m0/s1. The van der Waals surface area contributed by atoms with Gasteiger partial charge in [0.1, 0.15) is 11.5 Å². The molecule has 1 aliphatic heterocycles. The molecule has 3 N–H and O–H groups in total. The second kappa shape index (κ2) is 7.77. The van der Waals surface area contributed by atoms with Gasteiger partial charge in [-0.05, 0) is 49.4 Å². The molecule has 0 saturated carbocycles. The number of carbonyl (C=O) groups is 1. The van der Waals surface area contributed by atoms with Crippen LogP contribution in [0, 0.1) is 0 Å². The highest BCUT2D eigenvalue weighted by molar-refractivity contribution is 6.06. The average molecular weight is 426 g/mol. The predicted octanol–water partition coefficient (Wildman–Crippen LogP) is 4.68. The lowest BCUT2D eigenvalue weighted by Gasteiger charge is -2.31. The number of ether oxygens (including phenoxy) is 1. The number of rotatable bonds is 4. The number of fused-ring (bicyclic) bond motifs is 3. The lowest BCUT2D eigenvalue weighted by molar-refractivity contribution is -0.113. The van der Waals surface area contributed by atoms with E-state index in [0.717, 1.165) is 11.0 Å². The van der Waals surface area contributed by atoms with Crippen molar-refractivity contribution in [1.29, 1.82) is 0 Å². The number of aromatic nitrogens is 2. The molecule has 0 bridgehead atoms. The first kappa shape index (κ1) is 19.7. The van der Waals surface area contributed by atoms with Crippen molar-refractivity contribution in [3.05, 3.63) is 89.6 Å². The van der Waals surface area contributed by atoms with Crippen molar-refractivity contribution in [2.45, 2.75) is 13.0 Å². The van der Waals surface area contributed by atoms with Crippen molar-refractivity contribution >= 4 is 28.6 Å². The molecule has 1 atom stereocenters. The maximum absolute atomic E-state index is 13.5. The summed E-state index contributed by atoms with van der Waals surface area (Å²) < 4.78 is 7.16. The summed E-state index contributed by atoms with van der Waals surface area (Å²) in [6, 6.07) is 21.4. The van der Waals surface area contributed by atoms with Crippen LogP contribution in [0.15, 0.2) is 84.1 Å². The Morgan fingerprint density at radius 1 is 1.06 bits per heavy atom. The molecule has 0 aliphatic carbocycles. The summed E-state index contributed by atoms with van der Waals surface area (Å²) in [6.07, 6.45) is 0. The minimum absolute atomic E-state index is 0.116. The number of hydrogen-bond donors (Lipinski definition) is 3.